The Labute approximate surface area is 110 Å². The Morgan fingerprint density at radius 2 is 2.17 bits per heavy atom. The molecule has 0 saturated carbocycles. The third-order valence-electron chi connectivity index (χ3n) is 2.25. The smallest absolute Gasteiger partial charge is 0.296 e. The lowest BCUT2D eigenvalue weighted by Gasteiger charge is -1.96. The molecule has 0 bridgehead atoms. The first kappa shape index (κ1) is 12.3. The number of nitrogens with one attached hydrogen (secondary N) is 1. The van der Waals surface area contributed by atoms with E-state index in [1.807, 2.05) is 36.5 Å². The molecule has 0 atom stereocenters. The van der Waals surface area contributed by atoms with E-state index in [0.717, 1.165) is 15.4 Å². The van der Waals surface area contributed by atoms with Gasteiger partial charge in [-0.15, -0.1) is 11.3 Å². The van der Waals surface area contributed by atoms with Crippen molar-refractivity contribution in [2.24, 2.45) is 0 Å². The topological polar surface area (TPSA) is 42.0 Å². The van der Waals surface area contributed by atoms with Crippen molar-refractivity contribution in [1.29, 1.82) is 0 Å². The maximum atomic E-state index is 11.2. The number of thiazole rings is 1. The lowest BCUT2D eigenvalue weighted by atomic mass is 10.2. The van der Waals surface area contributed by atoms with E-state index in [2.05, 4.69) is 22.1 Å². The van der Waals surface area contributed by atoms with E-state index in [1.165, 1.54) is 0 Å². The van der Waals surface area contributed by atoms with Gasteiger partial charge in [-0.25, -0.2) is 4.98 Å². The minimum absolute atomic E-state index is 0.269. The number of nitrogens with zero attached hydrogens (tertiary/aromatic N) is 1. The van der Waals surface area contributed by atoms with Crippen LogP contribution in [0.5, 0.6) is 0 Å². The zero-order valence-corrected chi connectivity index (χ0v) is 10.8. The predicted molar refractivity (Wildman–Crippen MR) is 72.8 cm³/mol. The van der Waals surface area contributed by atoms with E-state index in [1.54, 1.807) is 18.3 Å². The second-order valence-corrected chi connectivity index (χ2v) is 4.66. The molecule has 1 aromatic carbocycles. The molecule has 2 aromatic rings. The fourth-order valence-corrected chi connectivity index (χ4v) is 2.30. The van der Waals surface area contributed by atoms with Crippen molar-refractivity contribution in [2.75, 3.05) is 0 Å². The first-order chi connectivity index (χ1) is 8.79. The van der Waals surface area contributed by atoms with Crippen LogP contribution in [0.25, 0.3) is 10.4 Å². The minimum Gasteiger partial charge on any atom is -0.339 e. The Morgan fingerprint density at radius 1 is 1.39 bits per heavy atom. The average Bonchev–Trinajstić information content (AvgIpc) is 2.87. The molecule has 0 fully saturated rings. The van der Waals surface area contributed by atoms with Crippen molar-refractivity contribution >= 4 is 17.2 Å². The molecule has 0 unspecified atom stereocenters. The molecule has 1 heterocycles. The highest BCUT2D eigenvalue weighted by Gasteiger charge is 2.04. The van der Waals surface area contributed by atoms with Crippen LogP contribution in [0, 0.1) is 11.8 Å². The number of aromatic nitrogens is 1. The highest BCUT2D eigenvalue weighted by Crippen LogP contribution is 2.25. The van der Waals surface area contributed by atoms with Gasteiger partial charge < -0.3 is 5.32 Å². The van der Waals surface area contributed by atoms with Crippen molar-refractivity contribution in [3.05, 3.63) is 41.5 Å². The largest absolute Gasteiger partial charge is 0.339 e. The van der Waals surface area contributed by atoms with Crippen molar-refractivity contribution in [2.45, 2.75) is 13.5 Å². The standard InChI is InChI=1S/C14H12N2OS/c1-2-6-13(17)15-10-14-16-9-12(18-14)11-7-4-3-5-8-11/h3-5,7-9H,10H2,1H3,(H,15,17). The first-order valence-corrected chi connectivity index (χ1v) is 6.32. The molecule has 4 heteroatoms. The van der Waals surface area contributed by atoms with Crippen LogP contribution in [-0.4, -0.2) is 10.9 Å². The van der Waals surface area contributed by atoms with Crippen molar-refractivity contribution in [3.8, 4) is 22.3 Å². The number of rotatable bonds is 3. The predicted octanol–water partition coefficient (Wildman–Crippen LogP) is 2.45. The fraction of sp³-hybridized carbons (Fsp3) is 0.143. The SMILES string of the molecule is CC#CC(=O)NCc1ncc(-c2ccccc2)s1. The van der Waals surface area contributed by atoms with Gasteiger partial charge in [-0.2, -0.15) is 0 Å². The Kier molecular flexibility index (Phi) is 4.11. The van der Waals surface area contributed by atoms with Crippen LogP contribution in [0.4, 0.5) is 0 Å². The molecular formula is C14H12N2OS. The van der Waals surface area contributed by atoms with Crippen molar-refractivity contribution < 1.29 is 4.79 Å². The van der Waals surface area contributed by atoms with Gasteiger partial charge >= 0.3 is 0 Å². The number of hydrogen-bond donors (Lipinski definition) is 1. The summed E-state index contributed by atoms with van der Waals surface area (Å²) in [5.41, 5.74) is 1.14. The number of benzene rings is 1. The van der Waals surface area contributed by atoms with Gasteiger partial charge in [-0.3, -0.25) is 4.79 Å². The summed E-state index contributed by atoms with van der Waals surface area (Å²) in [6.07, 6.45) is 1.83. The molecule has 90 valence electrons. The Balaban J connectivity index is 2.02. The van der Waals surface area contributed by atoms with Gasteiger partial charge in [0.2, 0.25) is 0 Å². The number of carbonyl (C=O) groups is 1. The molecule has 0 spiro atoms. The summed E-state index contributed by atoms with van der Waals surface area (Å²) in [6.45, 7) is 2.06. The van der Waals surface area contributed by atoms with E-state index in [0.29, 0.717) is 6.54 Å². The Morgan fingerprint density at radius 3 is 2.89 bits per heavy atom. The zero-order valence-electron chi connectivity index (χ0n) is 9.93. The molecular weight excluding hydrogens is 244 g/mol. The van der Waals surface area contributed by atoms with Crippen LogP contribution in [0.2, 0.25) is 0 Å². The van der Waals surface area contributed by atoms with Crippen LogP contribution in [0.15, 0.2) is 36.5 Å². The highest BCUT2D eigenvalue weighted by atomic mass is 32.1. The highest BCUT2D eigenvalue weighted by molar-refractivity contribution is 7.15. The maximum absolute atomic E-state index is 11.2. The molecule has 0 aliphatic carbocycles. The zero-order chi connectivity index (χ0) is 12.8. The van der Waals surface area contributed by atoms with Gasteiger partial charge in [0.05, 0.1) is 11.4 Å². The van der Waals surface area contributed by atoms with E-state index in [4.69, 9.17) is 0 Å². The molecule has 2 rings (SSSR count). The fourth-order valence-electron chi connectivity index (χ4n) is 1.44. The first-order valence-electron chi connectivity index (χ1n) is 5.50. The Bertz CT molecular complexity index is 593. The number of amides is 1. The second kappa shape index (κ2) is 5.99. The summed E-state index contributed by atoms with van der Waals surface area (Å²) in [5, 5.41) is 3.58. The van der Waals surface area contributed by atoms with Gasteiger partial charge in [-0.1, -0.05) is 36.3 Å². The van der Waals surface area contributed by atoms with Crippen LogP contribution >= 0.6 is 11.3 Å². The van der Waals surface area contributed by atoms with Crippen molar-refractivity contribution in [3.63, 3.8) is 0 Å². The molecule has 1 N–H and O–H groups in total. The summed E-state index contributed by atoms with van der Waals surface area (Å²) in [5.74, 6) is 4.72. The lowest BCUT2D eigenvalue weighted by molar-refractivity contribution is -0.115. The molecule has 0 aliphatic heterocycles. The molecule has 18 heavy (non-hydrogen) atoms. The van der Waals surface area contributed by atoms with E-state index < -0.39 is 0 Å². The average molecular weight is 256 g/mol. The number of hydrogen-bond acceptors (Lipinski definition) is 3. The normalized spacial score (nSPS) is 9.39. The molecule has 3 nitrogen and oxygen atoms in total. The van der Waals surface area contributed by atoms with Gasteiger partial charge in [0, 0.05) is 6.20 Å². The summed E-state index contributed by atoms with van der Waals surface area (Å²) in [6, 6.07) is 10.0. The third-order valence-corrected chi connectivity index (χ3v) is 3.30. The van der Waals surface area contributed by atoms with Crippen LogP contribution in [0.1, 0.15) is 11.9 Å². The maximum Gasteiger partial charge on any atom is 0.296 e. The van der Waals surface area contributed by atoms with Crippen LogP contribution < -0.4 is 5.32 Å². The van der Waals surface area contributed by atoms with Crippen molar-refractivity contribution in [1.82, 2.24) is 10.3 Å². The second-order valence-electron chi connectivity index (χ2n) is 3.54. The quantitative estimate of drug-likeness (QED) is 0.857. The summed E-state index contributed by atoms with van der Waals surface area (Å²) >= 11 is 1.57. The van der Waals surface area contributed by atoms with Gasteiger partial charge in [0.15, 0.2) is 0 Å². The number of carbonyl (C=O) groups excluding carboxylic acids is 1. The van der Waals surface area contributed by atoms with Gasteiger partial charge in [0.1, 0.15) is 5.01 Å². The molecule has 0 saturated heterocycles. The minimum atomic E-state index is -0.269. The van der Waals surface area contributed by atoms with Crippen LogP contribution in [0.3, 0.4) is 0 Å². The molecule has 1 aromatic heterocycles. The van der Waals surface area contributed by atoms with Crippen LogP contribution in [-0.2, 0) is 11.3 Å². The van der Waals surface area contributed by atoms with E-state index >= 15 is 0 Å². The van der Waals surface area contributed by atoms with E-state index in [9.17, 15) is 4.79 Å². The molecule has 0 aliphatic rings. The van der Waals surface area contributed by atoms with Gasteiger partial charge in [-0.05, 0) is 18.4 Å². The summed E-state index contributed by atoms with van der Waals surface area (Å²) in [7, 11) is 0. The van der Waals surface area contributed by atoms with E-state index in [-0.39, 0.29) is 5.91 Å². The van der Waals surface area contributed by atoms with Gasteiger partial charge in [0.25, 0.3) is 5.91 Å². The molecule has 0 radical (unpaired) electrons. The monoisotopic (exact) mass is 256 g/mol. The third kappa shape index (κ3) is 3.19. The Hall–Kier alpha value is -2.12. The summed E-state index contributed by atoms with van der Waals surface area (Å²) in [4.78, 5) is 16.6. The summed E-state index contributed by atoms with van der Waals surface area (Å²) < 4.78 is 0. The molecule has 1 amide bonds. The lowest BCUT2D eigenvalue weighted by Crippen LogP contribution is -2.20.